The lowest BCUT2D eigenvalue weighted by atomic mass is 10.2. The Morgan fingerprint density at radius 2 is 2.14 bits per heavy atom. The first-order valence-corrected chi connectivity index (χ1v) is 6.84. The van der Waals surface area contributed by atoms with E-state index in [1.54, 1.807) is 30.0 Å². The van der Waals surface area contributed by atoms with E-state index in [1.807, 2.05) is 24.3 Å². The van der Waals surface area contributed by atoms with E-state index < -0.39 is 0 Å². The second-order valence-electron chi connectivity index (χ2n) is 4.33. The van der Waals surface area contributed by atoms with Gasteiger partial charge in [0.15, 0.2) is 0 Å². The van der Waals surface area contributed by atoms with Crippen molar-refractivity contribution in [3.63, 3.8) is 0 Å². The number of hydrogen-bond donors (Lipinski definition) is 0. The third kappa shape index (κ3) is 2.48. The smallest absolute Gasteiger partial charge is 0.340 e. The lowest BCUT2D eigenvalue weighted by Gasteiger charge is -2.03. The summed E-state index contributed by atoms with van der Waals surface area (Å²) in [4.78, 5) is 20.1. The van der Waals surface area contributed by atoms with E-state index in [2.05, 4.69) is 9.97 Å². The van der Waals surface area contributed by atoms with Gasteiger partial charge in [0.25, 0.3) is 0 Å². The Morgan fingerprint density at radius 1 is 1.33 bits per heavy atom. The summed E-state index contributed by atoms with van der Waals surface area (Å²) in [6.45, 7) is 2.11. The Kier molecular flexibility index (Phi) is 3.58. The van der Waals surface area contributed by atoms with E-state index in [0.717, 1.165) is 10.9 Å². The minimum absolute atomic E-state index is 0.156. The van der Waals surface area contributed by atoms with Crippen LogP contribution in [0.25, 0.3) is 16.7 Å². The van der Waals surface area contributed by atoms with Crippen LogP contribution in [-0.4, -0.2) is 27.1 Å². The van der Waals surface area contributed by atoms with Crippen molar-refractivity contribution in [3.05, 3.63) is 53.6 Å². The lowest BCUT2D eigenvalue weighted by Crippen LogP contribution is -2.04. The monoisotopic (exact) mass is 301 g/mol. The van der Waals surface area contributed by atoms with Gasteiger partial charge in [-0.15, -0.1) is 0 Å². The predicted octanol–water partition coefficient (Wildman–Crippen LogP) is 3.25. The highest BCUT2D eigenvalue weighted by Gasteiger charge is 2.17. The number of rotatable bonds is 3. The van der Waals surface area contributed by atoms with Crippen LogP contribution in [0.4, 0.5) is 0 Å². The number of carbonyl (C=O) groups excluding carboxylic acids is 1. The zero-order valence-corrected chi connectivity index (χ0v) is 12.0. The van der Waals surface area contributed by atoms with Crippen LogP contribution < -0.4 is 0 Å². The molecule has 3 aromatic rings. The molecule has 0 aliphatic rings. The van der Waals surface area contributed by atoms with Gasteiger partial charge in [0.05, 0.1) is 17.7 Å². The molecule has 0 fully saturated rings. The third-order valence-corrected chi connectivity index (χ3v) is 3.25. The van der Waals surface area contributed by atoms with Crippen LogP contribution in [-0.2, 0) is 4.74 Å². The predicted molar refractivity (Wildman–Crippen MR) is 79.8 cm³/mol. The van der Waals surface area contributed by atoms with Gasteiger partial charge >= 0.3 is 5.97 Å². The van der Waals surface area contributed by atoms with Crippen LogP contribution in [0, 0.1) is 0 Å². The molecule has 2 heterocycles. The number of benzene rings is 1. The molecule has 3 rings (SSSR count). The zero-order valence-electron chi connectivity index (χ0n) is 11.3. The number of esters is 1. The fourth-order valence-electron chi connectivity index (χ4n) is 2.20. The van der Waals surface area contributed by atoms with Crippen LogP contribution in [0.3, 0.4) is 0 Å². The SMILES string of the molecule is CCOC(=O)c1cn(-c2ccnc(Cl)n2)c2ccccc12. The summed E-state index contributed by atoms with van der Waals surface area (Å²) in [5.41, 5.74) is 1.36. The highest BCUT2D eigenvalue weighted by molar-refractivity contribution is 6.28. The van der Waals surface area contributed by atoms with Crippen molar-refractivity contribution in [3.8, 4) is 5.82 Å². The number of ether oxygens (including phenoxy) is 1. The summed E-state index contributed by atoms with van der Waals surface area (Å²) in [6, 6.07) is 9.29. The standard InChI is InChI=1S/C15H12ClN3O2/c1-2-21-14(20)11-9-19(12-6-4-3-5-10(11)12)13-7-8-17-15(16)18-13/h3-9H,2H2,1H3. The number of halogens is 1. The maximum Gasteiger partial charge on any atom is 0.340 e. The van der Waals surface area contributed by atoms with E-state index in [4.69, 9.17) is 16.3 Å². The Balaban J connectivity index is 2.22. The van der Waals surface area contributed by atoms with Gasteiger partial charge in [-0.25, -0.2) is 9.78 Å². The molecule has 0 aliphatic carbocycles. The molecule has 0 saturated heterocycles. The minimum atomic E-state index is -0.354. The Morgan fingerprint density at radius 3 is 2.90 bits per heavy atom. The van der Waals surface area contributed by atoms with Crippen LogP contribution >= 0.6 is 11.6 Å². The first kappa shape index (κ1) is 13.6. The van der Waals surface area contributed by atoms with Crippen molar-refractivity contribution in [2.24, 2.45) is 0 Å². The Bertz CT molecular complexity index is 814. The van der Waals surface area contributed by atoms with Crippen LogP contribution in [0.2, 0.25) is 5.28 Å². The summed E-state index contributed by atoms with van der Waals surface area (Å²) in [5.74, 6) is 0.245. The third-order valence-electron chi connectivity index (χ3n) is 3.07. The fourth-order valence-corrected chi connectivity index (χ4v) is 2.34. The van der Waals surface area contributed by atoms with Gasteiger partial charge < -0.3 is 9.30 Å². The molecule has 0 atom stereocenters. The van der Waals surface area contributed by atoms with Crippen molar-refractivity contribution in [2.45, 2.75) is 6.92 Å². The maximum absolute atomic E-state index is 12.1. The number of fused-ring (bicyclic) bond motifs is 1. The van der Waals surface area contributed by atoms with Crippen molar-refractivity contribution >= 4 is 28.5 Å². The molecule has 0 saturated carbocycles. The van der Waals surface area contributed by atoms with Crippen LogP contribution in [0.1, 0.15) is 17.3 Å². The average Bonchev–Trinajstić information content (AvgIpc) is 2.87. The van der Waals surface area contributed by atoms with Crippen molar-refractivity contribution in [1.29, 1.82) is 0 Å². The molecule has 2 aromatic heterocycles. The van der Waals surface area contributed by atoms with Gasteiger partial charge in [0.1, 0.15) is 5.82 Å². The minimum Gasteiger partial charge on any atom is -0.462 e. The quantitative estimate of drug-likeness (QED) is 0.550. The largest absolute Gasteiger partial charge is 0.462 e. The molecule has 5 nitrogen and oxygen atoms in total. The Hall–Kier alpha value is -2.40. The van der Waals surface area contributed by atoms with E-state index in [1.165, 1.54) is 0 Å². The van der Waals surface area contributed by atoms with Crippen molar-refractivity contribution < 1.29 is 9.53 Å². The van der Waals surface area contributed by atoms with E-state index in [0.29, 0.717) is 18.0 Å². The molecule has 0 amide bonds. The second-order valence-corrected chi connectivity index (χ2v) is 4.67. The molecule has 0 unspecified atom stereocenters. The molecule has 0 spiro atoms. The van der Waals surface area contributed by atoms with E-state index >= 15 is 0 Å². The molecule has 0 bridgehead atoms. The second kappa shape index (κ2) is 5.54. The van der Waals surface area contributed by atoms with Crippen LogP contribution in [0.5, 0.6) is 0 Å². The number of nitrogens with zero attached hydrogens (tertiary/aromatic N) is 3. The van der Waals surface area contributed by atoms with E-state index in [-0.39, 0.29) is 11.3 Å². The molecule has 1 aromatic carbocycles. The van der Waals surface area contributed by atoms with E-state index in [9.17, 15) is 4.79 Å². The number of hydrogen-bond acceptors (Lipinski definition) is 4. The van der Waals surface area contributed by atoms with Gasteiger partial charge in [-0.2, -0.15) is 4.98 Å². The van der Waals surface area contributed by atoms with Gasteiger partial charge in [-0.05, 0) is 30.7 Å². The summed E-state index contributed by atoms with van der Waals surface area (Å²) >= 11 is 5.84. The lowest BCUT2D eigenvalue weighted by molar-refractivity contribution is 0.0528. The van der Waals surface area contributed by atoms with Crippen LogP contribution in [0.15, 0.2) is 42.7 Å². The average molecular weight is 302 g/mol. The van der Waals surface area contributed by atoms with Crippen molar-refractivity contribution in [1.82, 2.24) is 14.5 Å². The molecule has 0 N–H and O–H groups in total. The molecule has 106 valence electrons. The zero-order chi connectivity index (χ0) is 14.8. The number of carbonyl (C=O) groups is 1. The Labute approximate surface area is 126 Å². The summed E-state index contributed by atoms with van der Waals surface area (Å²) in [7, 11) is 0. The fraction of sp³-hybridized carbons (Fsp3) is 0.133. The molecule has 0 aliphatic heterocycles. The topological polar surface area (TPSA) is 57.0 Å². The first-order chi connectivity index (χ1) is 10.2. The van der Waals surface area contributed by atoms with Gasteiger partial charge in [0.2, 0.25) is 5.28 Å². The molecular weight excluding hydrogens is 290 g/mol. The van der Waals surface area contributed by atoms with Gasteiger partial charge in [-0.1, -0.05) is 18.2 Å². The summed E-state index contributed by atoms with van der Waals surface area (Å²) in [6.07, 6.45) is 3.28. The normalized spacial score (nSPS) is 10.8. The molecule has 0 radical (unpaired) electrons. The van der Waals surface area contributed by atoms with Gasteiger partial charge in [0, 0.05) is 17.8 Å². The highest BCUT2D eigenvalue weighted by atomic mass is 35.5. The number of para-hydroxylation sites is 1. The first-order valence-electron chi connectivity index (χ1n) is 6.47. The maximum atomic E-state index is 12.1. The number of aromatic nitrogens is 3. The molecular formula is C15H12ClN3O2. The molecule has 21 heavy (non-hydrogen) atoms. The van der Waals surface area contributed by atoms with Gasteiger partial charge in [-0.3, -0.25) is 0 Å². The highest BCUT2D eigenvalue weighted by Crippen LogP contribution is 2.25. The summed E-state index contributed by atoms with van der Waals surface area (Å²) < 4.78 is 6.90. The summed E-state index contributed by atoms with van der Waals surface area (Å²) in [5, 5.41) is 0.966. The molecule has 6 heteroatoms. The van der Waals surface area contributed by atoms with Crippen molar-refractivity contribution in [2.75, 3.05) is 6.61 Å².